The molecule has 0 bridgehead atoms. The van der Waals surface area contributed by atoms with Gasteiger partial charge in [0.15, 0.2) is 0 Å². The second-order valence-electron chi connectivity index (χ2n) is 9.20. The van der Waals surface area contributed by atoms with Crippen LogP contribution in [0, 0.1) is 18.3 Å². The Morgan fingerprint density at radius 3 is 2.63 bits per heavy atom. The smallest absolute Gasteiger partial charge is 0.126 e. The molecule has 1 saturated heterocycles. The first-order valence-corrected chi connectivity index (χ1v) is 10.6. The normalized spacial score (nSPS) is 18.0. The standard InChI is InChI=1S/C25H35N5/c1-17-6-7-21(30-11-9-20(16-30)25(2,3)4)14-22(17)23(27)12-19(15-26)18-8-10-29-24(13-18)28-5/h6-8,10,12-15,20H,9,11,16,26-27H2,1-5H3,(H,28,29)/b19-15+,23-12-. The zero-order valence-corrected chi connectivity index (χ0v) is 18.9. The number of hydrogen-bond acceptors (Lipinski definition) is 5. The molecule has 3 rings (SSSR count). The minimum atomic E-state index is 0.332. The third kappa shape index (κ3) is 4.78. The lowest BCUT2D eigenvalue weighted by Gasteiger charge is -2.27. The number of pyridine rings is 1. The highest BCUT2D eigenvalue weighted by Gasteiger charge is 2.31. The van der Waals surface area contributed by atoms with Gasteiger partial charge in [-0.1, -0.05) is 26.8 Å². The Hall–Kier alpha value is -2.95. The predicted molar refractivity (Wildman–Crippen MR) is 129 cm³/mol. The van der Waals surface area contributed by atoms with Crippen LogP contribution in [0.25, 0.3) is 11.3 Å². The van der Waals surface area contributed by atoms with Crippen LogP contribution in [0.2, 0.25) is 0 Å². The quantitative estimate of drug-likeness (QED) is 0.633. The highest BCUT2D eigenvalue weighted by atomic mass is 15.2. The van der Waals surface area contributed by atoms with E-state index in [-0.39, 0.29) is 0 Å². The molecular formula is C25H35N5. The molecular weight excluding hydrogens is 370 g/mol. The van der Waals surface area contributed by atoms with Crippen LogP contribution in [-0.2, 0) is 0 Å². The van der Waals surface area contributed by atoms with E-state index >= 15 is 0 Å². The molecule has 30 heavy (non-hydrogen) atoms. The Labute approximate surface area is 180 Å². The van der Waals surface area contributed by atoms with Crippen molar-refractivity contribution >= 4 is 22.8 Å². The molecule has 1 aliphatic heterocycles. The van der Waals surface area contributed by atoms with E-state index in [9.17, 15) is 0 Å². The van der Waals surface area contributed by atoms with E-state index in [0.29, 0.717) is 17.0 Å². The Morgan fingerprint density at radius 1 is 1.23 bits per heavy atom. The van der Waals surface area contributed by atoms with Crippen molar-refractivity contribution in [3.8, 4) is 0 Å². The van der Waals surface area contributed by atoms with Crippen molar-refractivity contribution in [1.82, 2.24) is 4.98 Å². The minimum Gasteiger partial charge on any atom is -0.404 e. The number of benzene rings is 1. The number of aromatic nitrogens is 1. The molecule has 1 aromatic carbocycles. The average molecular weight is 406 g/mol. The van der Waals surface area contributed by atoms with Crippen molar-refractivity contribution in [3.05, 3.63) is 65.5 Å². The van der Waals surface area contributed by atoms with Crippen LogP contribution in [-0.4, -0.2) is 25.1 Å². The summed E-state index contributed by atoms with van der Waals surface area (Å²) in [5, 5.41) is 3.06. The molecule has 0 spiro atoms. The highest BCUT2D eigenvalue weighted by molar-refractivity contribution is 5.84. The van der Waals surface area contributed by atoms with E-state index in [4.69, 9.17) is 11.5 Å². The molecule has 1 atom stereocenters. The first kappa shape index (κ1) is 21.8. The van der Waals surface area contributed by atoms with Gasteiger partial charge in [-0.3, -0.25) is 0 Å². The van der Waals surface area contributed by atoms with Crippen LogP contribution in [0.15, 0.2) is 48.8 Å². The summed E-state index contributed by atoms with van der Waals surface area (Å²) in [6, 6.07) is 10.5. The van der Waals surface area contributed by atoms with E-state index in [0.717, 1.165) is 41.2 Å². The largest absolute Gasteiger partial charge is 0.404 e. The number of nitrogens with zero attached hydrogens (tertiary/aromatic N) is 2. The lowest BCUT2D eigenvalue weighted by Crippen LogP contribution is -2.25. The maximum absolute atomic E-state index is 6.56. The van der Waals surface area contributed by atoms with E-state index in [1.807, 2.05) is 25.3 Å². The monoisotopic (exact) mass is 405 g/mol. The molecule has 5 N–H and O–H groups in total. The zero-order chi connectivity index (χ0) is 21.9. The van der Waals surface area contributed by atoms with E-state index in [2.05, 4.69) is 61.1 Å². The summed E-state index contributed by atoms with van der Waals surface area (Å²) in [6.45, 7) is 11.3. The van der Waals surface area contributed by atoms with Crippen molar-refractivity contribution in [1.29, 1.82) is 0 Å². The molecule has 1 fully saturated rings. The fraction of sp³-hybridized carbons (Fsp3) is 0.400. The predicted octanol–water partition coefficient (Wildman–Crippen LogP) is 4.60. The molecule has 0 saturated carbocycles. The van der Waals surface area contributed by atoms with Crippen LogP contribution in [0.5, 0.6) is 0 Å². The average Bonchev–Trinajstić information content (AvgIpc) is 3.23. The number of rotatable bonds is 5. The van der Waals surface area contributed by atoms with Crippen molar-refractivity contribution in [3.63, 3.8) is 0 Å². The Kier molecular flexibility index (Phi) is 6.40. The van der Waals surface area contributed by atoms with Crippen LogP contribution in [0.3, 0.4) is 0 Å². The van der Waals surface area contributed by atoms with Crippen molar-refractivity contribution in [2.75, 3.05) is 30.4 Å². The topological polar surface area (TPSA) is 80.2 Å². The summed E-state index contributed by atoms with van der Waals surface area (Å²) in [4.78, 5) is 6.75. The first-order valence-electron chi connectivity index (χ1n) is 10.6. The molecule has 1 unspecified atom stereocenters. The van der Waals surface area contributed by atoms with Crippen LogP contribution < -0.4 is 21.7 Å². The SMILES string of the molecule is CNc1cc(C(/C=C(\N)c2cc(N3CCC(C(C)(C)C)C3)ccc2C)=C/N)ccn1. The number of hydrogen-bond donors (Lipinski definition) is 3. The minimum absolute atomic E-state index is 0.332. The fourth-order valence-electron chi connectivity index (χ4n) is 4.04. The lowest BCUT2D eigenvalue weighted by molar-refractivity contribution is 0.263. The van der Waals surface area contributed by atoms with Gasteiger partial charge in [0.2, 0.25) is 0 Å². The van der Waals surface area contributed by atoms with Crippen molar-refractivity contribution in [2.24, 2.45) is 22.8 Å². The summed E-state index contributed by atoms with van der Waals surface area (Å²) in [5.41, 5.74) is 18.8. The molecule has 5 nitrogen and oxygen atoms in total. The van der Waals surface area contributed by atoms with E-state index in [1.54, 1.807) is 12.4 Å². The summed E-state index contributed by atoms with van der Waals surface area (Å²) in [5.74, 6) is 1.49. The Balaban J connectivity index is 1.88. The molecule has 2 aromatic rings. The van der Waals surface area contributed by atoms with Gasteiger partial charge < -0.3 is 21.7 Å². The molecule has 5 heteroatoms. The van der Waals surface area contributed by atoms with Crippen LogP contribution in [0.4, 0.5) is 11.5 Å². The van der Waals surface area contributed by atoms with Crippen LogP contribution in [0.1, 0.15) is 43.9 Å². The number of aryl methyl sites for hydroxylation is 1. The molecule has 160 valence electrons. The molecule has 2 heterocycles. The number of nitrogens with two attached hydrogens (primary N) is 2. The maximum Gasteiger partial charge on any atom is 0.126 e. The van der Waals surface area contributed by atoms with Gasteiger partial charge in [-0.05, 0) is 71.7 Å². The fourth-order valence-corrected chi connectivity index (χ4v) is 4.04. The van der Waals surface area contributed by atoms with Gasteiger partial charge in [0.05, 0.1) is 0 Å². The van der Waals surface area contributed by atoms with Crippen molar-refractivity contribution < 1.29 is 0 Å². The second kappa shape index (κ2) is 8.82. The van der Waals surface area contributed by atoms with Gasteiger partial charge in [0.1, 0.15) is 5.82 Å². The lowest BCUT2D eigenvalue weighted by atomic mass is 9.80. The van der Waals surface area contributed by atoms with Gasteiger partial charge in [-0.2, -0.15) is 0 Å². The Morgan fingerprint density at radius 2 is 2.00 bits per heavy atom. The third-order valence-corrected chi connectivity index (χ3v) is 6.15. The van der Waals surface area contributed by atoms with Gasteiger partial charge >= 0.3 is 0 Å². The summed E-state index contributed by atoms with van der Waals surface area (Å²) in [6.07, 6.45) is 6.53. The molecule has 1 aromatic heterocycles. The summed E-state index contributed by atoms with van der Waals surface area (Å²) in [7, 11) is 1.85. The summed E-state index contributed by atoms with van der Waals surface area (Å²) < 4.78 is 0. The van der Waals surface area contributed by atoms with Gasteiger partial charge in [-0.25, -0.2) is 4.98 Å². The van der Waals surface area contributed by atoms with E-state index < -0.39 is 0 Å². The van der Waals surface area contributed by atoms with Crippen molar-refractivity contribution in [2.45, 2.75) is 34.1 Å². The van der Waals surface area contributed by atoms with Gasteiger partial charge in [0, 0.05) is 49.5 Å². The second-order valence-corrected chi connectivity index (χ2v) is 9.20. The number of allylic oxidation sites excluding steroid dienone is 2. The van der Waals surface area contributed by atoms with Crippen LogP contribution >= 0.6 is 0 Å². The Bertz CT molecular complexity index is 952. The zero-order valence-electron chi connectivity index (χ0n) is 18.9. The molecule has 1 aliphatic rings. The van der Waals surface area contributed by atoms with Gasteiger partial charge in [-0.15, -0.1) is 0 Å². The molecule has 0 radical (unpaired) electrons. The maximum atomic E-state index is 6.56. The first-order chi connectivity index (χ1) is 14.2. The summed E-state index contributed by atoms with van der Waals surface area (Å²) >= 11 is 0. The van der Waals surface area contributed by atoms with E-state index in [1.165, 1.54) is 12.1 Å². The number of nitrogens with one attached hydrogen (secondary N) is 1. The molecule has 0 amide bonds. The van der Waals surface area contributed by atoms with Gasteiger partial charge in [0.25, 0.3) is 0 Å². The highest BCUT2D eigenvalue weighted by Crippen LogP contribution is 2.36. The third-order valence-electron chi connectivity index (χ3n) is 6.15. The molecule has 0 aliphatic carbocycles. The number of anilines is 2.